The van der Waals surface area contributed by atoms with Crippen LogP contribution in [0.3, 0.4) is 0 Å². The van der Waals surface area contributed by atoms with Crippen LogP contribution in [0.5, 0.6) is 0 Å². The maximum absolute atomic E-state index is 12.0. The third kappa shape index (κ3) is 3.14. The van der Waals surface area contributed by atoms with E-state index in [2.05, 4.69) is 24.1 Å². The minimum Gasteiger partial charge on any atom is -0.383 e. The number of aromatic nitrogens is 2. The quantitative estimate of drug-likeness (QED) is 0.743. The van der Waals surface area contributed by atoms with Gasteiger partial charge in [0.05, 0.1) is 0 Å². The predicted octanol–water partition coefficient (Wildman–Crippen LogP) is 1.62. The van der Waals surface area contributed by atoms with Crippen molar-refractivity contribution in [3.05, 3.63) is 20.8 Å². The summed E-state index contributed by atoms with van der Waals surface area (Å²) in [5, 5.41) is 3.18. The highest BCUT2D eigenvalue weighted by atomic mass is 16.2. The summed E-state index contributed by atoms with van der Waals surface area (Å²) in [6.07, 6.45) is 2.34. The van der Waals surface area contributed by atoms with E-state index in [-0.39, 0.29) is 17.2 Å². The number of hydrogen-bond acceptors (Lipinski definition) is 4. The highest BCUT2D eigenvalue weighted by Gasteiger charge is 2.45. The van der Waals surface area contributed by atoms with Gasteiger partial charge in [0.2, 0.25) is 0 Å². The van der Waals surface area contributed by atoms with E-state index >= 15 is 0 Å². The fourth-order valence-corrected chi connectivity index (χ4v) is 2.69. The van der Waals surface area contributed by atoms with Crippen LogP contribution in [0.2, 0.25) is 0 Å². The molecule has 1 aromatic heterocycles. The van der Waals surface area contributed by atoms with Crippen LogP contribution in [-0.2, 0) is 6.54 Å². The van der Waals surface area contributed by atoms with E-state index < -0.39 is 11.2 Å². The Labute approximate surface area is 124 Å². The number of rotatable bonds is 6. The zero-order valence-corrected chi connectivity index (χ0v) is 13.3. The molecule has 0 unspecified atom stereocenters. The fraction of sp³-hybridized carbons (Fsp3) is 0.733. The van der Waals surface area contributed by atoms with Crippen LogP contribution in [0.4, 0.5) is 11.5 Å². The van der Waals surface area contributed by atoms with E-state index in [9.17, 15) is 9.59 Å². The smallest absolute Gasteiger partial charge is 0.330 e. The average Bonchev–Trinajstić information content (AvgIpc) is 3.15. The maximum Gasteiger partial charge on any atom is 0.330 e. The second-order valence-electron chi connectivity index (χ2n) is 6.89. The Morgan fingerprint density at radius 3 is 2.38 bits per heavy atom. The Kier molecular flexibility index (Phi) is 4.16. The van der Waals surface area contributed by atoms with Crippen LogP contribution in [-0.4, -0.2) is 16.1 Å². The highest BCUT2D eigenvalue weighted by Crippen LogP contribution is 2.51. The fourth-order valence-electron chi connectivity index (χ4n) is 2.69. The number of nitrogens with zero attached hydrogens (tertiary/aromatic N) is 1. The van der Waals surface area contributed by atoms with Crippen molar-refractivity contribution in [3.8, 4) is 0 Å². The van der Waals surface area contributed by atoms with Crippen LogP contribution in [0.25, 0.3) is 0 Å². The van der Waals surface area contributed by atoms with Gasteiger partial charge >= 0.3 is 5.69 Å². The zero-order valence-electron chi connectivity index (χ0n) is 13.3. The zero-order chi connectivity index (χ0) is 15.8. The molecule has 2 rings (SSSR count). The van der Waals surface area contributed by atoms with Gasteiger partial charge in [-0.25, -0.2) is 4.79 Å². The van der Waals surface area contributed by atoms with Crippen LogP contribution < -0.4 is 22.3 Å². The third-order valence-electron chi connectivity index (χ3n) is 4.52. The molecule has 0 bridgehead atoms. The molecule has 0 radical (unpaired) electrons. The lowest BCUT2D eigenvalue weighted by atomic mass is 9.92. The topological polar surface area (TPSA) is 92.9 Å². The first-order valence-electron chi connectivity index (χ1n) is 7.63. The first kappa shape index (κ1) is 15.7. The maximum atomic E-state index is 12.0. The van der Waals surface area contributed by atoms with Crippen molar-refractivity contribution in [1.82, 2.24) is 9.55 Å². The van der Waals surface area contributed by atoms with Crippen molar-refractivity contribution in [2.45, 2.75) is 47.1 Å². The van der Waals surface area contributed by atoms with Gasteiger partial charge < -0.3 is 11.1 Å². The van der Waals surface area contributed by atoms with Crippen molar-refractivity contribution in [2.24, 2.45) is 17.3 Å². The molecule has 0 spiro atoms. The van der Waals surface area contributed by atoms with E-state index in [1.54, 1.807) is 0 Å². The summed E-state index contributed by atoms with van der Waals surface area (Å²) in [6.45, 7) is 9.61. The monoisotopic (exact) mass is 294 g/mol. The van der Waals surface area contributed by atoms with E-state index in [0.717, 1.165) is 6.54 Å². The molecule has 0 amide bonds. The molecule has 0 atom stereocenters. The molecule has 1 heterocycles. The largest absolute Gasteiger partial charge is 0.383 e. The molecule has 0 saturated heterocycles. The lowest BCUT2D eigenvalue weighted by Gasteiger charge is -2.22. The summed E-state index contributed by atoms with van der Waals surface area (Å²) in [4.78, 5) is 26.2. The van der Waals surface area contributed by atoms with Crippen molar-refractivity contribution in [3.63, 3.8) is 0 Å². The summed E-state index contributed by atoms with van der Waals surface area (Å²) < 4.78 is 1.43. The summed E-state index contributed by atoms with van der Waals surface area (Å²) >= 11 is 0. The Morgan fingerprint density at radius 2 is 1.90 bits per heavy atom. The number of anilines is 2. The Morgan fingerprint density at radius 1 is 1.29 bits per heavy atom. The van der Waals surface area contributed by atoms with Gasteiger partial charge in [0.15, 0.2) is 0 Å². The van der Waals surface area contributed by atoms with E-state index in [1.807, 2.05) is 13.8 Å². The average molecular weight is 294 g/mol. The third-order valence-corrected chi connectivity index (χ3v) is 4.52. The summed E-state index contributed by atoms with van der Waals surface area (Å²) in [6, 6.07) is 0. The molecular formula is C15H26N4O2. The van der Waals surface area contributed by atoms with Crippen molar-refractivity contribution < 1.29 is 0 Å². The van der Waals surface area contributed by atoms with Gasteiger partial charge in [-0.1, -0.05) is 27.7 Å². The molecule has 4 N–H and O–H groups in total. The molecule has 6 heteroatoms. The van der Waals surface area contributed by atoms with Crippen LogP contribution in [0.1, 0.15) is 40.5 Å². The first-order chi connectivity index (χ1) is 9.77. The molecule has 0 aliphatic heterocycles. The molecule has 1 aliphatic rings. The standard InChI is InChI=1S/C15H26N4O2/c1-9(2)7-19-12(16)11(13(20)18-14(19)21)17-8-15(5-6-15)10(3)4/h9-10,17H,5-8,16H2,1-4H3,(H,18,20,21). The number of aromatic amines is 1. The van der Waals surface area contributed by atoms with Crippen LogP contribution >= 0.6 is 0 Å². The van der Waals surface area contributed by atoms with E-state index in [4.69, 9.17) is 5.73 Å². The number of nitrogens with two attached hydrogens (primary N) is 1. The Hall–Kier alpha value is -1.72. The molecule has 0 aromatic carbocycles. The summed E-state index contributed by atoms with van der Waals surface area (Å²) in [7, 11) is 0. The molecule has 21 heavy (non-hydrogen) atoms. The van der Waals surface area contributed by atoms with Gasteiger partial charge in [-0.05, 0) is 30.1 Å². The lowest BCUT2D eigenvalue weighted by Crippen LogP contribution is -2.36. The summed E-state index contributed by atoms with van der Waals surface area (Å²) in [5.74, 6) is 1.07. The van der Waals surface area contributed by atoms with Gasteiger partial charge in [-0.2, -0.15) is 0 Å². The number of nitrogen functional groups attached to an aromatic ring is 1. The molecule has 118 valence electrons. The number of nitrogens with one attached hydrogen (secondary N) is 2. The van der Waals surface area contributed by atoms with Crippen molar-refractivity contribution in [1.29, 1.82) is 0 Å². The SMILES string of the molecule is CC(C)Cn1c(N)c(NCC2(C(C)C)CC2)c(=O)[nH]c1=O. The van der Waals surface area contributed by atoms with Crippen molar-refractivity contribution in [2.75, 3.05) is 17.6 Å². The second kappa shape index (κ2) is 5.58. The van der Waals surface area contributed by atoms with Crippen molar-refractivity contribution >= 4 is 11.5 Å². The predicted molar refractivity (Wildman–Crippen MR) is 85.6 cm³/mol. The highest BCUT2D eigenvalue weighted by molar-refractivity contribution is 5.60. The molecule has 1 aliphatic carbocycles. The minimum atomic E-state index is -0.443. The van der Waals surface area contributed by atoms with E-state index in [1.165, 1.54) is 17.4 Å². The molecular weight excluding hydrogens is 268 g/mol. The Bertz CT molecular complexity index is 624. The minimum absolute atomic E-state index is 0.233. The first-order valence-corrected chi connectivity index (χ1v) is 7.63. The normalized spacial score (nSPS) is 16.5. The van der Waals surface area contributed by atoms with Gasteiger partial charge in [0.1, 0.15) is 11.5 Å². The summed E-state index contributed by atoms with van der Waals surface area (Å²) in [5.41, 5.74) is 5.75. The Balaban J connectivity index is 2.27. The lowest BCUT2D eigenvalue weighted by molar-refractivity contribution is 0.380. The second-order valence-corrected chi connectivity index (χ2v) is 6.89. The molecule has 1 aromatic rings. The van der Waals surface area contributed by atoms with Gasteiger partial charge in [0, 0.05) is 13.1 Å². The molecule has 6 nitrogen and oxygen atoms in total. The molecule has 1 saturated carbocycles. The van der Waals surface area contributed by atoms with E-state index in [0.29, 0.717) is 18.2 Å². The van der Waals surface area contributed by atoms with Crippen LogP contribution in [0.15, 0.2) is 9.59 Å². The van der Waals surface area contributed by atoms with Gasteiger partial charge in [-0.15, -0.1) is 0 Å². The molecule has 1 fully saturated rings. The van der Waals surface area contributed by atoms with Crippen LogP contribution in [0, 0.1) is 17.3 Å². The van der Waals surface area contributed by atoms with Gasteiger partial charge in [0.25, 0.3) is 5.56 Å². The number of H-pyrrole nitrogens is 1. The van der Waals surface area contributed by atoms with Gasteiger partial charge in [-0.3, -0.25) is 14.3 Å². The number of hydrogen-bond donors (Lipinski definition) is 3.